The molecular formula is C82H43. The standard InChI is InChI=1S/C82H43/c1-2-6-46-10-50-14-54-18-58-22-62-26-66-30-70-34-74-38-78-42-82-44-80-40-76-36-72-32-68-28-64-24-60-20-56-16-52-12-48-8-4-3-7-47(48)11-51(52)15-55(56)19-59(60)23-63(64)27-67(68)31-71(72)35-75(76)39-79(80)43-81(82)41-77(78)37-73(74)33-69(70)29-65(66)25-61(62)21-57(58)17-53(54)13-49(50)9-45(46)5-1/h1-7,9-44H. The molecule has 0 saturated carbocycles. The Balaban J connectivity index is 0.658. The van der Waals surface area contributed by atoms with E-state index in [2.05, 4.69) is 261 Å². The molecule has 0 aliphatic carbocycles. The van der Waals surface area contributed by atoms with Crippen molar-refractivity contribution in [3.05, 3.63) is 267 Å². The number of rotatable bonds is 0. The average Bonchev–Trinajstić information content (AvgIpc) is 3.27. The molecular weight excluding hydrogens is 985 g/mol. The molecule has 0 aliphatic rings. The van der Waals surface area contributed by atoms with Crippen LogP contribution in [0.2, 0.25) is 0 Å². The number of hydrogen-bond donors (Lipinski definition) is 0. The van der Waals surface area contributed by atoms with Crippen molar-refractivity contribution in [2.24, 2.45) is 0 Å². The normalized spacial score (nSPS) is 12.6. The third-order valence-electron chi connectivity index (χ3n) is 18.8. The Hall–Kier alpha value is -10.7. The van der Waals surface area contributed by atoms with Gasteiger partial charge in [-0.1, -0.05) is 42.5 Å². The Labute approximate surface area is 468 Å². The van der Waals surface area contributed by atoms with Crippen LogP contribution in [0.15, 0.2) is 261 Å². The van der Waals surface area contributed by atoms with E-state index in [0.29, 0.717) is 0 Å². The van der Waals surface area contributed by atoms with Gasteiger partial charge in [-0.15, -0.1) is 0 Å². The van der Waals surface area contributed by atoms with Gasteiger partial charge in [-0.05, 0) is 429 Å². The highest BCUT2D eigenvalue weighted by molar-refractivity contribution is 6.18. The molecule has 0 spiro atoms. The van der Waals surface area contributed by atoms with Crippen LogP contribution < -0.4 is 0 Å². The van der Waals surface area contributed by atoms with E-state index in [4.69, 9.17) is 0 Å². The zero-order valence-corrected chi connectivity index (χ0v) is 44.3. The average molecular weight is 1030 g/mol. The molecule has 20 aromatic rings. The molecule has 0 N–H and O–H groups in total. The maximum absolute atomic E-state index is 3.41. The van der Waals surface area contributed by atoms with Gasteiger partial charge >= 0.3 is 0 Å². The van der Waals surface area contributed by atoms with E-state index in [1.807, 2.05) is 6.07 Å². The van der Waals surface area contributed by atoms with Crippen molar-refractivity contribution in [1.29, 1.82) is 0 Å². The molecule has 1 radical (unpaired) electrons. The summed E-state index contributed by atoms with van der Waals surface area (Å²) in [6.07, 6.45) is 0. The third kappa shape index (κ3) is 6.49. The summed E-state index contributed by atoms with van der Waals surface area (Å²) in [6, 6.07) is 104. The minimum Gasteiger partial charge on any atom is -0.0616 e. The molecule has 371 valence electrons. The van der Waals surface area contributed by atoms with Gasteiger partial charge in [-0.3, -0.25) is 0 Å². The van der Waals surface area contributed by atoms with Crippen molar-refractivity contribution in [3.8, 4) is 0 Å². The summed E-state index contributed by atoms with van der Waals surface area (Å²) in [7, 11) is 0. The molecule has 0 saturated heterocycles. The maximum atomic E-state index is 3.41. The minimum absolute atomic E-state index is 1.16. The number of fused-ring (bicyclic) bond motifs is 19. The van der Waals surface area contributed by atoms with Crippen molar-refractivity contribution in [2.75, 3.05) is 0 Å². The summed E-state index contributed by atoms with van der Waals surface area (Å²) in [4.78, 5) is 0. The van der Waals surface area contributed by atoms with Crippen molar-refractivity contribution in [1.82, 2.24) is 0 Å². The van der Waals surface area contributed by atoms with E-state index in [1.54, 1.807) is 0 Å². The van der Waals surface area contributed by atoms with E-state index < -0.39 is 0 Å². The molecule has 0 heterocycles. The van der Waals surface area contributed by atoms with Crippen molar-refractivity contribution < 1.29 is 0 Å². The topological polar surface area (TPSA) is 0 Å². The Kier molecular flexibility index (Phi) is 8.22. The van der Waals surface area contributed by atoms with Crippen LogP contribution in [0.25, 0.3) is 205 Å². The summed E-state index contributed by atoms with van der Waals surface area (Å²) in [6.45, 7) is 0. The summed E-state index contributed by atoms with van der Waals surface area (Å²) < 4.78 is 0. The molecule has 0 unspecified atom stereocenters. The Morgan fingerprint density at radius 1 is 0.122 bits per heavy atom. The lowest BCUT2D eigenvalue weighted by molar-refractivity contribution is 1.78. The van der Waals surface area contributed by atoms with E-state index in [-0.39, 0.29) is 0 Å². The van der Waals surface area contributed by atoms with Crippen LogP contribution in [-0.4, -0.2) is 0 Å². The SMILES string of the molecule is [c]1cccc2cc3cc4cc5cc6cc7cc8cc9cc%10cc%11cc%12cc%13cc%14cc%15cc%16cc%17cc%18cc%19cc%20ccccc%20cc%19cc%18cc%17cc%16cc%15cc%14cc%13cc%12cc%11cc%10cc9cc8cc7cc6cc5cc4cc3cc12. The highest BCUT2D eigenvalue weighted by Gasteiger charge is 2.13. The number of benzene rings is 20. The van der Waals surface area contributed by atoms with Crippen molar-refractivity contribution in [3.63, 3.8) is 0 Å². The summed E-state index contributed by atoms with van der Waals surface area (Å²) in [5.41, 5.74) is 0. The van der Waals surface area contributed by atoms with E-state index >= 15 is 0 Å². The molecule has 0 bridgehead atoms. The van der Waals surface area contributed by atoms with Gasteiger partial charge in [0.15, 0.2) is 0 Å². The fourth-order valence-corrected chi connectivity index (χ4v) is 14.6. The second-order valence-electron chi connectivity index (χ2n) is 23.8. The summed E-state index contributed by atoms with van der Waals surface area (Å²) in [5, 5.41) is 48.0. The van der Waals surface area contributed by atoms with Gasteiger partial charge in [0.2, 0.25) is 0 Å². The lowest BCUT2D eigenvalue weighted by Crippen LogP contribution is -1.84. The molecule has 0 nitrogen and oxygen atoms in total. The van der Waals surface area contributed by atoms with Crippen LogP contribution in [0.1, 0.15) is 0 Å². The van der Waals surface area contributed by atoms with Gasteiger partial charge in [-0.2, -0.15) is 0 Å². The fourth-order valence-electron chi connectivity index (χ4n) is 14.6. The van der Waals surface area contributed by atoms with Gasteiger partial charge in [-0.25, -0.2) is 0 Å². The van der Waals surface area contributed by atoms with Crippen LogP contribution in [0.4, 0.5) is 0 Å². The highest BCUT2D eigenvalue weighted by Crippen LogP contribution is 2.40. The molecule has 20 aromatic carbocycles. The molecule has 0 fully saturated rings. The Morgan fingerprint density at radius 3 is 0.439 bits per heavy atom. The van der Waals surface area contributed by atoms with Crippen LogP contribution in [0.5, 0.6) is 0 Å². The van der Waals surface area contributed by atoms with Crippen LogP contribution in [-0.2, 0) is 0 Å². The molecule has 0 amide bonds. The van der Waals surface area contributed by atoms with Crippen LogP contribution >= 0.6 is 0 Å². The van der Waals surface area contributed by atoms with E-state index in [1.165, 1.54) is 199 Å². The minimum atomic E-state index is 1.16. The molecule has 20 rings (SSSR count). The molecule has 82 heavy (non-hydrogen) atoms. The molecule has 0 atom stereocenters. The second kappa shape index (κ2) is 15.6. The lowest BCUT2D eigenvalue weighted by atomic mass is 9.93. The first-order valence-electron chi connectivity index (χ1n) is 28.6. The van der Waals surface area contributed by atoms with E-state index in [0.717, 1.165) is 5.39 Å². The first-order chi connectivity index (χ1) is 40.4. The largest absolute Gasteiger partial charge is 0.0616 e. The Bertz CT molecular complexity index is 5650. The van der Waals surface area contributed by atoms with Gasteiger partial charge in [0.1, 0.15) is 0 Å². The lowest BCUT2D eigenvalue weighted by Gasteiger charge is -2.11. The van der Waals surface area contributed by atoms with Crippen LogP contribution in [0.3, 0.4) is 0 Å². The zero-order valence-electron chi connectivity index (χ0n) is 44.3. The van der Waals surface area contributed by atoms with Gasteiger partial charge in [0, 0.05) is 0 Å². The second-order valence-corrected chi connectivity index (χ2v) is 23.8. The predicted octanol–water partition coefficient (Wildman–Crippen LogP) is 23.4. The molecule has 0 heteroatoms. The van der Waals surface area contributed by atoms with Crippen molar-refractivity contribution in [2.45, 2.75) is 0 Å². The monoisotopic (exact) mass is 1030 g/mol. The first-order valence-corrected chi connectivity index (χ1v) is 28.6. The predicted molar refractivity (Wildman–Crippen MR) is 358 cm³/mol. The van der Waals surface area contributed by atoms with Crippen molar-refractivity contribution >= 4 is 205 Å². The van der Waals surface area contributed by atoms with Gasteiger partial charge < -0.3 is 0 Å². The molecule has 0 aliphatic heterocycles. The number of hydrogen-bond acceptors (Lipinski definition) is 0. The molecule has 0 aromatic heterocycles. The summed E-state index contributed by atoms with van der Waals surface area (Å²) in [5.74, 6) is 0. The van der Waals surface area contributed by atoms with E-state index in [9.17, 15) is 0 Å². The van der Waals surface area contributed by atoms with Crippen LogP contribution in [0, 0.1) is 6.07 Å². The zero-order chi connectivity index (χ0) is 53.1. The smallest absolute Gasteiger partial charge is 0.00988 e. The highest BCUT2D eigenvalue weighted by atomic mass is 14.2. The fraction of sp³-hybridized carbons (Fsp3) is 0. The maximum Gasteiger partial charge on any atom is -0.00988 e. The van der Waals surface area contributed by atoms with Gasteiger partial charge in [0.25, 0.3) is 0 Å². The van der Waals surface area contributed by atoms with Gasteiger partial charge in [0.05, 0.1) is 0 Å². The quantitative estimate of drug-likeness (QED) is 0.133. The Morgan fingerprint density at radius 2 is 0.256 bits per heavy atom. The summed E-state index contributed by atoms with van der Waals surface area (Å²) >= 11 is 0. The first kappa shape index (κ1) is 43.2. The third-order valence-corrected chi connectivity index (χ3v) is 18.8.